The highest BCUT2D eigenvalue weighted by Crippen LogP contribution is 2.27. The van der Waals surface area contributed by atoms with Crippen LogP contribution in [0.2, 0.25) is 0 Å². The zero-order valence-corrected chi connectivity index (χ0v) is 19.0. The Labute approximate surface area is 192 Å². The fraction of sp³-hybridized carbons (Fsp3) is 0.417. The maximum Gasteiger partial charge on any atom is 0.339 e. The number of hydrogen-bond acceptors (Lipinski definition) is 7. The number of cyclic esters (lactones) is 1. The third kappa shape index (κ3) is 6.29. The Balaban J connectivity index is 1.56. The van der Waals surface area contributed by atoms with Crippen LogP contribution in [-0.2, 0) is 33.4 Å². The molecule has 1 aromatic rings. The van der Waals surface area contributed by atoms with Crippen LogP contribution >= 0.6 is 0 Å². The Morgan fingerprint density at radius 3 is 2.52 bits per heavy atom. The second-order valence-electron chi connectivity index (χ2n) is 7.84. The van der Waals surface area contributed by atoms with Gasteiger partial charge in [-0.1, -0.05) is 30.3 Å². The molecule has 0 aromatic heterocycles. The van der Waals surface area contributed by atoms with Gasteiger partial charge in [0.25, 0.3) is 5.91 Å². The number of amides is 2. The molecule has 0 aliphatic carbocycles. The molecule has 0 saturated heterocycles. The summed E-state index contributed by atoms with van der Waals surface area (Å²) in [5.74, 6) is -1.41. The van der Waals surface area contributed by atoms with E-state index < -0.39 is 24.1 Å². The summed E-state index contributed by atoms with van der Waals surface area (Å²) in [4.78, 5) is 48.8. The standard InChI is InChI=1S/C24H28N2O7/c1-15(31-3)23(29)32-14-22(28)26-10-8-18(9-11-26)17-4-6-19(7-5-17)21-12-20(33-24(21)30)13-25-16(2)27/h4-8,12,15,20H,9-11,13-14H2,1-3H3,(H,25,27)/t15?,20-/m1/s1. The zero-order chi connectivity index (χ0) is 24.0. The predicted octanol–water partition coefficient (Wildman–Crippen LogP) is 1.33. The van der Waals surface area contributed by atoms with E-state index in [2.05, 4.69) is 5.32 Å². The summed E-state index contributed by atoms with van der Waals surface area (Å²) in [6.45, 7) is 3.85. The van der Waals surface area contributed by atoms with Gasteiger partial charge in [-0.15, -0.1) is 0 Å². The highest BCUT2D eigenvalue weighted by Gasteiger charge is 2.27. The molecule has 2 heterocycles. The smallest absolute Gasteiger partial charge is 0.339 e. The number of nitrogens with zero attached hydrogens (tertiary/aromatic N) is 1. The van der Waals surface area contributed by atoms with Crippen molar-refractivity contribution in [3.05, 3.63) is 47.5 Å². The molecule has 33 heavy (non-hydrogen) atoms. The lowest BCUT2D eigenvalue weighted by atomic mass is 9.96. The maximum absolute atomic E-state index is 12.3. The molecule has 2 atom stereocenters. The van der Waals surface area contributed by atoms with Gasteiger partial charge in [-0.05, 0) is 36.1 Å². The van der Waals surface area contributed by atoms with Crippen LogP contribution in [0.4, 0.5) is 0 Å². The summed E-state index contributed by atoms with van der Waals surface area (Å²) in [6, 6.07) is 7.58. The zero-order valence-electron chi connectivity index (χ0n) is 19.0. The first-order valence-corrected chi connectivity index (χ1v) is 10.7. The van der Waals surface area contributed by atoms with E-state index in [0.29, 0.717) is 25.1 Å². The van der Waals surface area contributed by atoms with Gasteiger partial charge >= 0.3 is 11.9 Å². The van der Waals surface area contributed by atoms with Crippen molar-refractivity contribution < 1.29 is 33.4 Å². The van der Waals surface area contributed by atoms with Crippen molar-refractivity contribution in [1.29, 1.82) is 0 Å². The number of rotatable bonds is 8. The van der Waals surface area contributed by atoms with Gasteiger partial charge in [-0.2, -0.15) is 0 Å². The normalized spacial score (nSPS) is 18.7. The van der Waals surface area contributed by atoms with Gasteiger partial charge in [0.05, 0.1) is 12.1 Å². The van der Waals surface area contributed by atoms with E-state index in [1.165, 1.54) is 14.0 Å². The quantitative estimate of drug-likeness (QED) is 0.588. The fourth-order valence-electron chi connectivity index (χ4n) is 3.51. The van der Waals surface area contributed by atoms with Crippen molar-refractivity contribution in [3.63, 3.8) is 0 Å². The summed E-state index contributed by atoms with van der Waals surface area (Å²) < 4.78 is 15.1. The molecule has 3 rings (SSSR count). The minimum atomic E-state index is -0.710. The average molecular weight is 456 g/mol. The van der Waals surface area contributed by atoms with Crippen molar-refractivity contribution in [3.8, 4) is 0 Å². The van der Waals surface area contributed by atoms with Gasteiger partial charge in [0.2, 0.25) is 5.91 Å². The van der Waals surface area contributed by atoms with Gasteiger partial charge in [-0.25, -0.2) is 9.59 Å². The van der Waals surface area contributed by atoms with Gasteiger partial charge in [0.1, 0.15) is 6.10 Å². The molecule has 1 N–H and O–H groups in total. The van der Waals surface area contributed by atoms with Crippen LogP contribution in [0.5, 0.6) is 0 Å². The van der Waals surface area contributed by atoms with Crippen molar-refractivity contribution in [2.45, 2.75) is 32.5 Å². The first-order valence-electron chi connectivity index (χ1n) is 10.7. The predicted molar refractivity (Wildman–Crippen MR) is 120 cm³/mol. The first-order chi connectivity index (χ1) is 15.8. The molecule has 2 aliphatic rings. The Kier molecular flexibility index (Phi) is 8.00. The van der Waals surface area contributed by atoms with Gasteiger partial charge < -0.3 is 24.4 Å². The number of esters is 2. The Bertz CT molecular complexity index is 981. The monoisotopic (exact) mass is 456 g/mol. The number of carbonyl (C=O) groups is 4. The van der Waals surface area contributed by atoms with E-state index in [1.807, 2.05) is 30.3 Å². The summed E-state index contributed by atoms with van der Waals surface area (Å²) in [6.07, 6.45) is 3.17. The van der Waals surface area contributed by atoms with E-state index in [4.69, 9.17) is 14.2 Å². The van der Waals surface area contributed by atoms with Gasteiger partial charge in [-0.3, -0.25) is 9.59 Å². The molecule has 1 unspecified atom stereocenters. The van der Waals surface area contributed by atoms with Crippen molar-refractivity contribution in [2.24, 2.45) is 0 Å². The van der Waals surface area contributed by atoms with E-state index in [9.17, 15) is 19.2 Å². The van der Waals surface area contributed by atoms with Gasteiger partial charge in [0, 0.05) is 27.1 Å². The second-order valence-corrected chi connectivity index (χ2v) is 7.84. The van der Waals surface area contributed by atoms with Crippen LogP contribution in [0.1, 0.15) is 31.4 Å². The van der Waals surface area contributed by atoms with E-state index in [1.54, 1.807) is 17.9 Å². The number of nitrogens with one attached hydrogen (secondary N) is 1. The summed E-state index contributed by atoms with van der Waals surface area (Å²) in [7, 11) is 1.40. The lowest BCUT2D eigenvalue weighted by Crippen LogP contribution is -2.38. The molecular weight excluding hydrogens is 428 g/mol. The lowest BCUT2D eigenvalue weighted by molar-refractivity contribution is -0.159. The second kappa shape index (κ2) is 10.9. The maximum atomic E-state index is 12.3. The molecule has 0 spiro atoms. The highest BCUT2D eigenvalue weighted by atomic mass is 16.6. The molecule has 0 bridgehead atoms. The molecular formula is C24H28N2O7. The van der Waals surface area contributed by atoms with E-state index >= 15 is 0 Å². The van der Waals surface area contributed by atoms with Crippen molar-refractivity contribution in [1.82, 2.24) is 10.2 Å². The van der Waals surface area contributed by atoms with Crippen LogP contribution in [0.15, 0.2) is 36.4 Å². The average Bonchev–Trinajstić information content (AvgIpc) is 3.21. The topological polar surface area (TPSA) is 111 Å². The van der Waals surface area contributed by atoms with Crippen molar-refractivity contribution in [2.75, 3.05) is 33.4 Å². The SMILES string of the molecule is COC(C)C(=O)OCC(=O)N1CC=C(c2ccc(C3=C[C@H](CNC(C)=O)OC3=O)cc2)CC1. The summed E-state index contributed by atoms with van der Waals surface area (Å²) in [5.41, 5.74) is 3.33. The molecule has 9 nitrogen and oxygen atoms in total. The van der Waals surface area contributed by atoms with E-state index in [-0.39, 0.29) is 25.0 Å². The minimum absolute atomic E-state index is 0.181. The Morgan fingerprint density at radius 2 is 1.91 bits per heavy atom. The molecule has 0 saturated carbocycles. The van der Waals surface area contributed by atoms with Crippen molar-refractivity contribution >= 4 is 34.9 Å². The summed E-state index contributed by atoms with van der Waals surface area (Å²) in [5, 5.41) is 2.64. The lowest BCUT2D eigenvalue weighted by Gasteiger charge is -2.26. The van der Waals surface area contributed by atoms with Crippen LogP contribution < -0.4 is 5.32 Å². The first kappa shape index (κ1) is 24.2. The number of carbonyl (C=O) groups excluding carboxylic acids is 4. The molecule has 0 fully saturated rings. The number of ether oxygens (including phenoxy) is 3. The summed E-state index contributed by atoms with van der Waals surface area (Å²) >= 11 is 0. The minimum Gasteiger partial charge on any atom is -0.454 e. The van der Waals surface area contributed by atoms with Crippen LogP contribution in [-0.4, -0.2) is 74.2 Å². The molecule has 176 valence electrons. The molecule has 2 aliphatic heterocycles. The number of benzene rings is 1. The van der Waals surface area contributed by atoms with Crippen LogP contribution in [0.3, 0.4) is 0 Å². The number of methoxy groups -OCH3 is 1. The van der Waals surface area contributed by atoms with Gasteiger partial charge in [0.15, 0.2) is 12.7 Å². The Morgan fingerprint density at radius 1 is 1.21 bits per heavy atom. The number of hydrogen-bond donors (Lipinski definition) is 1. The third-order valence-electron chi connectivity index (χ3n) is 5.53. The molecule has 0 radical (unpaired) electrons. The molecule has 1 aromatic carbocycles. The highest BCUT2D eigenvalue weighted by molar-refractivity contribution is 6.18. The third-order valence-corrected chi connectivity index (χ3v) is 5.53. The molecule has 9 heteroatoms. The van der Waals surface area contributed by atoms with Crippen LogP contribution in [0.25, 0.3) is 11.1 Å². The molecule has 2 amide bonds. The Hall–Kier alpha value is -3.46. The van der Waals surface area contributed by atoms with Crippen LogP contribution in [0, 0.1) is 0 Å². The van der Waals surface area contributed by atoms with E-state index in [0.717, 1.165) is 16.7 Å². The fourth-order valence-corrected chi connectivity index (χ4v) is 3.51. The largest absolute Gasteiger partial charge is 0.454 e.